The first-order valence-electron chi connectivity index (χ1n) is 11.1. The number of rotatable bonds is 15. The van der Waals surface area contributed by atoms with Crippen LogP contribution in [-0.2, 0) is 6.42 Å². The van der Waals surface area contributed by atoms with Gasteiger partial charge in [0.15, 0.2) is 11.6 Å². The van der Waals surface area contributed by atoms with Crippen molar-refractivity contribution in [3.8, 4) is 5.75 Å². The van der Waals surface area contributed by atoms with E-state index in [4.69, 9.17) is 4.74 Å². The lowest BCUT2D eigenvalue weighted by molar-refractivity contribution is 0.289. The number of nitrogens with zero attached hydrogens (tertiary/aromatic N) is 1. The van der Waals surface area contributed by atoms with Crippen LogP contribution < -0.4 is 4.74 Å². The minimum Gasteiger partial charge on any atom is -0.491 e. The number of aromatic nitrogens is 2. The minimum atomic E-state index is -0.229. The zero-order valence-corrected chi connectivity index (χ0v) is 17.7. The van der Waals surface area contributed by atoms with Crippen molar-refractivity contribution in [3.63, 3.8) is 0 Å². The van der Waals surface area contributed by atoms with E-state index in [1.165, 1.54) is 32.1 Å². The van der Waals surface area contributed by atoms with E-state index in [1.807, 2.05) is 12.3 Å². The number of aryl methyl sites for hydroxylation is 1. The highest BCUT2D eigenvalue weighted by Crippen LogP contribution is 2.27. The van der Waals surface area contributed by atoms with E-state index >= 15 is 0 Å². The summed E-state index contributed by atoms with van der Waals surface area (Å²) in [6, 6.07) is 5.48. The van der Waals surface area contributed by atoms with Gasteiger partial charge < -0.3 is 9.72 Å². The molecule has 0 spiro atoms. The Bertz CT molecular complexity index is 642. The second-order valence-electron chi connectivity index (χ2n) is 7.84. The molecule has 0 amide bonds. The zero-order valence-electron chi connectivity index (χ0n) is 17.7. The third-order valence-electron chi connectivity index (χ3n) is 5.39. The molecule has 2 aromatic rings. The fourth-order valence-corrected chi connectivity index (χ4v) is 3.53. The van der Waals surface area contributed by atoms with E-state index in [0.717, 1.165) is 49.9 Å². The smallest absolute Gasteiger partial charge is 0.165 e. The Morgan fingerprint density at radius 3 is 2.57 bits per heavy atom. The van der Waals surface area contributed by atoms with E-state index in [-0.39, 0.29) is 5.82 Å². The summed E-state index contributed by atoms with van der Waals surface area (Å²) in [5.74, 6) is 1.59. The summed E-state index contributed by atoms with van der Waals surface area (Å²) in [6.45, 7) is 5.00. The number of nitrogens with one attached hydrogen (secondary N) is 1. The summed E-state index contributed by atoms with van der Waals surface area (Å²) in [5.41, 5.74) is 1.07. The lowest BCUT2D eigenvalue weighted by Gasteiger charge is -2.14. The predicted octanol–water partition coefficient (Wildman–Crippen LogP) is 7.19. The van der Waals surface area contributed by atoms with Gasteiger partial charge in [-0.2, -0.15) is 0 Å². The van der Waals surface area contributed by atoms with Crippen molar-refractivity contribution in [2.75, 3.05) is 6.61 Å². The van der Waals surface area contributed by atoms with Crippen molar-refractivity contribution in [2.45, 2.75) is 90.4 Å². The molecule has 156 valence electrons. The molecule has 3 nitrogen and oxygen atoms in total. The van der Waals surface area contributed by atoms with Crippen LogP contribution in [0.2, 0.25) is 0 Å². The molecule has 1 aromatic carbocycles. The molecule has 28 heavy (non-hydrogen) atoms. The van der Waals surface area contributed by atoms with Crippen LogP contribution in [0.4, 0.5) is 4.39 Å². The summed E-state index contributed by atoms with van der Waals surface area (Å²) >= 11 is 0. The molecule has 0 aliphatic carbocycles. The first kappa shape index (κ1) is 22.4. The van der Waals surface area contributed by atoms with Gasteiger partial charge in [0.25, 0.3) is 0 Å². The van der Waals surface area contributed by atoms with E-state index in [0.29, 0.717) is 18.3 Å². The van der Waals surface area contributed by atoms with Crippen LogP contribution in [0.5, 0.6) is 5.75 Å². The number of benzene rings is 1. The lowest BCUT2D eigenvalue weighted by atomic mass is 9.94. The SMILES string of the molecule is CCCCCCCCOc1ccc(C(C)CCCCCc2ncc[nH]2)cc1F. The van der Waals surface area contributed by atoms with Crippen molar-refractivity contribution in [2.24, 2.45) is 0 Å². The van der Waals surface area contributed by atoms with Gasteiger partial charge in [-0.25, -0.2) is 9.37 Å². The van der Waals surface area contributed by atoms with Gasteiger partial charge in [0, 0.05) is 18.8 Å². The number of unbranched alkanes of at least 4 members (excludes halogenated alkanes) is 7. The fraction of sp³-hybridized carbons (Fsp3) is 0.625. The molecular formula is C24H37FN2O. The van der Waals surface area contributed by atoms with Crippen LogP contribution in [0.15, 0.2) is 30.6 Å². The summed E-state index contributed by atoms with van der Waals surface area (Å²) < 4.78 is 20.0. The first-order valence-corrected chi connectivity index (χ1v) is 11.1. The van der Waals surface area contributed by atoms with Gasteiger partial charge in [-0.05, 0) is 42.9 Å². The maximum absolute atomic E-state index is 14.4. The second-order valence-corrected chi connectivity index (χ2v) is 7.84. The lowest BCUT2D eigenvalue weighted by Crippen LogP contribution is -2.01. The molecular weight excluding hydrogens is 351 g/mol. The Morgan fingerprint density at radius 2 is 1.82 bits per heavy atom. The minimum absolute atomic E-state index is 0.229. The third kappa shape index (κ3) is 8.45. The molecule has 0 fully saturated rings. The summed E-state index contributed by atoms with van der Waals surface area (Å²) in [5, 5.41) is 0. The van der Waals surface area contributed by atoms with Gasteiger partial charge in [0.05, 0.1) is 6.61 Å². The van der Waals surface area contributed by atoms with Crippen LogP contribution >= 0.6 is 0 Å². The largest absolute Gasteiger partial charge is 0.491 e. The van der Waals surface area contributed by atoms with Crippen molar-refractivity contribution in [1.29, 1.82) is 0 Å². The van der Waals surface area contributed by atoms with Gasteiger partial charge in [-0.1, -0.05) is 64.9 Å². The molecule has 2 rings (SSSR count). The number of halogens is 1. The maximum Gasteiger partial charge on any atom is 0.165 e. The molecule has 0 aliphatic rings. The summed E-state index contributed by atoms with van der Waals surface area (Å²) in [7, 11) is 0. The highest BCUT2D eigenvalue weighted by molar-refractivity contribution is 5.31. The van der Waals surface area contributed by atoms with E-state index in [2.05, 4.69) is 23.8 Å². The monoisotopic (exact) mass is 388 g/mol. The standard InChI is InChI=1S/C24H37FN2O/c1-3-4-5-6-7-11-18-28-23-15-14-21(19-22(23)25)20(2)12-9-8-10-13-24-26-16-17-27-24/h14-17,19-20H,3-13,18H2,1-2H3,(H,26,27). The van der Waals surface area contributed by atoms with Crippen molar-refractivity contribution < 1.29 is 9.13 Å². The molecule has 1 aromatic heterocycles. The molecule has 0 saturated carbocycles. The zero-order chi connectivity index (χ0) is 20.0. The summed E-state index contributed by atoms with van der Waals surface area (Å²) in [6.07, 6.45) is 16.5. The molecule has 0 saturated heterocycles. The van der Waals surface area contributed by atoms with Crippen molar-refractivity contribution in [1.82, 2.24) is 9.97 Å². The molecule has 1 atom stereocenters. The molecule has 1 unspecified atom stereocenters. The van der Waals surface area contributed by atoms with Gasteiger partial charge >= 0.3 is 0 Å². The van der Waals surface area contributed by atoms with Gasteiger partial charge in [0.1, 0.15) is 5.82 Å². The van der Waals surface area contributed by atoms with Crippen molar-refractivity contribution >= 4 is 0 Å². The number of hydrogen-bond donors (Lipinski definition) is 1. The second kappa shape index (κ2) is 13.4. The first-order chi connectivity index (χ1) is 13.7. The van der Waals surface area contributed by atoms with Crippen LogP contribution in [0, 0.1) is 5.82 Å². The van der Waals surface area contributed by atoms with E-state index in [9.17, 15) is 4.39 Å². The Kier molecular flexibility index (Phi) is 10.7. The molecule has 0 radical (unpaired) electrons. The van der Waals surface area contributed by atoms with Crippen LogP contribution in [0.25, 0.3) is 0 Å². The van der Waals surface area contributed by atoms with E-state index < -0.39 is 0 Å². The number of imidazole rings is 1. The fourth-order valence-electron chi connectivity index (χ4n) is 3.53. The number of hydrogen-bond acceptors (Lipinski definition) is 2. The highest BCUT2D eigenvalue weighted by atomic mass is 19.1. The number of H-pyrrole nitrogens is 1. The van der Waals surface area contributed by atoms with Gasteiger partial charge in [-0.15, -0.1) is 0 Å². The molecule has 0 bridgehead atoms. The van der Waals surface area contributed by atoms with Gasteiger partial charge in [0.2, 0.25) is 0 Å². The predicted molar refractivity (Wildman–Crippen MR) is 114 cm³/mol. The molecule has 0 aliphatic heterocycles. The average molecular weight is 389 g/mol. The van der Waals surface area contributed by atoms with Crippen LogP contribution in [0.3, 0.4) is 0 Å². The topological polar surface area (TPSA) is 37.9 Å². The van der Waals surface area contributed by atoms with Crippen LogP contribution in [-0.4, -0.2) is 16.6 Å². The van der Waals surface area contributed by atoms with Crippen LogP contribution in [0.1, 0.15) is 95.4 Å². The molecule has 1 heterocycles. The Hall–Kier alpha value is -1.84. The molecule has 4 heteroatoms. The quantitative estimate of drug-likeness (QED) is 0.328. The maximum atomic E-state index is 14.4. The summed E-state index contributed by atoms with van der Waals surface area (Å²) in [4.78, 5) is 7.39. The van der Waals surface area contributed by atoms with Crippen molar-refractivity contribution in [3.05, 3.63) is 47.8 Å². The normalized spacial score (nSPS) is 12.2. The number of aromatic amines is 1. The Morgan fingerprint density at radius 1 is 1.04 bits per heavy atom. The Balaban J connectivity index is 1.63. The Labute approximate surface area is 170 Å². The van der Waals surface area contributed by atoms with E-state index in [1.54, 1.807) is 18.3 Å². The highest BCUT2D eigenvalue weighted by Gasteiger charge is 2.10. The average Bonchev–Trinajstić information content (AvgIpc) is 3.21. The molecule has 1 N–H and O–H groups in total. The van der Waals surface area contributed by atoms with Gasteiger partial charge in [-0.3, -0.25) is 0 Å². The third-order valence-corrected chi connectivity index (χ3v) is 5.39. The number of ether oxygens (including phenoxy) is 1.